The summed E-state index contributed by atoms with van der Waals surface area (Å²) in [5.74, 6) is -5.67. The maximum atomic E-state index is 12.9. The van der Waals surface area contributed by atoms with Crippen LogP contribution >= 0.6 is 0 Å². The van der Waals surface area contributed by atoms with Crippen LogP contribution in [0.3, 0.4) is 0 Å². The molecule has 0 aromatic heterocycles. The van der Waals surface area contributed by atoms with Gasteiger partial charge in [0, 0.05) is 0 Å². The monoisotopic (exact) mass is 402 g/mol. The normalized spacial score (nSPS) is 12.0. The van der Waals surface area contributed by atoms with Gasteiger partial charge in [0.15, 0.2) is 0 Å². The van der Waals surface area contributed by atoms with E-state index < -0.39 is 35.2 Å². The minimum atomic E-state index is -2.54. The van der Waals surface area contributed by atoms with E-state index in [9.17, 15) is 19.2 Å². The summed E-state index contributed by atoms with van der Waals surface area (Å²) < 4.78 is 20.2. The van der Waals surface area contributed by atoms with Gasteiger partial charge in [-0.1, -0.05) is 32.6 Å². The van der Waals surface area contributed by atoms with E-state index in [1.165, 1.54) is 0 Å². The first-order valence-electron chi connectivity index (χ1n) is 10.1. The Bertz CT molecular complexity index is 469. The van der Waals surface area contributed by atoms with Crippen molar-refractivity contribution in [3.05, 3.63) is 0 Å². The van der Waals surface area contributed by atoms with Gasteiger partial charge in [-0.15, -0.1) is 0 Å². The van der Waals surface area contributed by atoms with E-state index in [0.29, 0.717) is 6.42 Å². The van der Waals surface area contributed by atoms with Crippen LogP contribution in [-0.4, -0.2) is 50.3 Å². The van der Waals surface area contributed by atoms with Crippen LogP contribution in [0.15, 0.2) is 0 Å². The quantitative estimate of drug-likeness (QED) is 0.189. The highest BCUT2D eigenvalue weighted by Crippen LogP contribution is 2.38. The molecule has 0 saturated carbocycles. The Morgan fingerprint density at radius 1 is 0.643 bits per heavy atom. The topological polar surface area (TPSA) is 105 Å². The summed E-state index contributed by atoms with van der Waals surface area (Å²) in [6.07, 6.45) is 3.27. The summed E-state index contributed by atoms with van der Waals surface area (Å²) in [6, 6.07) is 0. The summed E-state index contributed by atoms with van der Waals surface area (Å²) in [5.41, 5.74) is -2.54. The third-order valence-corrected chi connectivity index (χ3v) is 4.23. The van der Waals surface area contributed by atoms with Crippen LogP contribution in [0.4, 0.5) is 0 Å². The Balaban J connectivity index is 6.34. The SMILES string of the molecule is CCCCCCC(C(=O)OCC)C(C(=O)OCC)(C(=O)OCC)C(=O)OCC. The van der Waals surface area contributed by atoms with E-state index in [1.54, 1.807) is 27.7 Å². The summed E-state index contributed by atoms with van der Waals surface area (Å²) in [7, 11) is 0. The van der Waals surface area contributed by atoms with Crippen LogP contribution in [0.5, 0.6) is 0 Å². The van der Waals surface area contributed by atoms with Crippen molar-refractivity contribution in [1.29, 1.82) is 0 Å². The van der Waals surface area contributed by atoms with E-state index in [0.717, 1.165) is 19.3 Å². The van der Waals surface area contributed by atoms with Gasteiger partial charge in [-0.3, -0.25) is 19.2 Å². The molecule has 8 nitrogen and oxygen atoms in total. The lowest BCUT2D eigenvalue weighted by Gasteiger charge is -2.32. The highest BCUT2D eigenvalue weighted by Gasteiger charge is 2.65. The number of rotatable bonds is 14. The molecule has 0 N–H and O–H groups in total. The summed E-state index contributed by atoms with van der Waals surface area (Å²) in [4.78, 5) is 51.4. The lowest BCUT2D eigenvalue weighted by Crippen LogP contribution is -2.57. The molecule has 0 amide bonds. The third-order valence-electron chi connectivity index (χ3n) is 4.23. The van der Waals surface area contributed by atoms with Crippen molar-refractivity contribution in [2.75, 3.05) is 26.4 Å². The number of hydrogen-bond donors (Lipinski definition) is 0. The van der Waals surface area contributed by atoms with Crippen molar-refractivity contribution < 1.29 is 38.1 Å². The third kappa shape index (κ3) is 6.49. The van der Waals surface area contributed by atoms with Gasteiger partial charge in [-0.2, -0.15) is 0 Å². The minimum Gasteiger partial charge on any atom is -0.466 e. The Hall–Kier alpha value is -2.12. The molecule has 0 aliphatic rings. The second-order valence-electron chi connectivity index (χ2n) is 6.12. The summed E-state index contributed by atoms with van der Waals surface area (Å²) in [6.45, 7) is 8.06. The van der Waals surface area contributed by atoms with E-state index in [-0.39, 0.29) is 32.8 Å². The molecule has 0 heterocycles. The van der Waals surface area contributed by atoms with Gasteiger partial charge < -0.3 is 18.9 Å². The average Bonchev–Trinajstić information content (AvgIpc) is 2.65. The lowest BCUT2D eigenvalue weighted by molar-refractivity contribution is -0.194. The van der Waals surface area contributed by atoms with Gasteiger partial charge in [0.05, 0.1) is 32.3 Å². The molecule has 0 saturated heterocycles. The number of carbonyl (C=O) groups excluding carboxylic acids is 4. The molecule has 28 heavy (non-hydrogen) atoms. The van der Waals surface area contributed by atoms with Crippen LogP contribution in [-0.2, 0) is 38.1 Å². The lowest BCUT2D eigenvalue weighted by atomic mass is 9.72. The first kappa shape index (κ1) is 25.9. The largest absolute Gasteiger partial charge is 0.466 e. The molecule has 0 aliphatic heterocycles. The van der Waals surface area contributed by atoms with Crippen LogP contribution in [0, 0.1) is 11.3 Å². The molecule has 0 bridgehead atoms. The number of carbonyl (C=O) groups is 4. The number of esters is 4. The molecule has 0 aromatic carbocycles. The molecule has 0 radical (unpaired) electrons. The van der Waals surface area contributed by atoms with Crippen molar-refractivity contribution in [1.82, 2.24) is 0 Å². The van der Waals surface area contributed by atoms with Gasteiger partial charge in [-0.05, 0) is 34.1 Å². The first-order chi connectivity index (χ1) is 13.4. The molecule has 1 unspecified atom stereocenters. The highest BCUT2D eigenvalue weighted by atomic mass is 16.6. The summed E-state index contributed by atoms with van der Waals surface area (Å²) >= 11 is 0. The maximum Gasteiger partial charge on any atom is 0.336 e. The van der Waals surface area contributed by atoms with Crippen molar-refractivity contribution in [3.63, 3.8) is 0 Å². The van der Waals surface area contributed by atoms with Crippen molar-refractivity contribution in [2.24, 2.45) is 11.3 Å². The maximum absolute atomic E-state index is 12.9. The molecule has 8 heteroatoms. The second kappa shape index (κ2) is 14.0. The molecular formula is C20H34O8. The smallest absolute Gasteiger partial charge is 0.336 e. The van der Waals surface area contributed by atoms with Crippen molar-refractivity contribution >= 4 is 23.9 Å². The standard InChI is InChI=1S/C20H34O8/c1-6-11-12-13-14-15(16(21)25-7-2)20(17(22)26-8-3,18(23)27-9-4)19(24)28-10-5/h15H,6-14H2,1-5H3. The highest BCUT2D eigenvalue weighted by molar-refractivity contribution is 6.20. The van der Waals surface area contributed by atoms with Gasteiger partial charge >= 0.3 is 23.9 Å². The van der Waals surface area contributed by atoms with E-state index in [2.05, 4.69) is 0 Å². The predicted molar refractivity (Wildman–Crippen MR) is 101 cm³/mol. The number of unbranched alkanes of at least 4 members (excludes halogenated alkanes) is 3. The summed E-state index contributed by atoms with van der Waals surface area (Å²) in [5, 5.41) is 0. The minimum absolute atomic E-state index is 0.0366. The van der Waals surface area contributed by atoms with Crippen LogP contribution in [0.1, 0.15) is 66.7 Å². The molecular weight excluding hydrogens is 368 g/mol. The predicted octanol–water partition coefficient (Wildman–Crippen LogP) is 2.81. The van der Waals surface area contributed by atoms with Crippen molar-refractivity contribution in [3.8, 4) is 0 Å². The van der Waals surface area contributed by atoms with E-state index in [1.807, 2.05) is 6.92 Å². The van der Waals surface area contributed by atoms with Gasteiger partial charge in [0.2, 0.25) is 0 Å². The van der Waals surface area contributed by atoms with Gasteiger partial charge in [-0.25, -0.2) is 0 Å². The van der Waals surface area contributed by atoms with Gasteiger partial charge in [0.25, 0.3) is 5.41 Å². The molecule has 0 fully saturated rings. The number of hydrogen-bond acceptors (Lipinski definition) is 8. The fourth-order valence-corrected chi connectivity index (χ4v) is 2.94. The first-order valence-corrected chi connectivity index (χ1v) is 10.1. The molecule has 162 valence electrons. The Labute approximate surface area is 167 Å². The van der Waals surface area contributed by atoms with E-state index in [4.69, 9.17) is 18.9 Å². The van der Waals surface area contributed by atoms with Crippen LogP contribution in [0.25, 0.3) is 0 Å². The molecule has 1 atom stereocenters. The molecule has 0 rings (SSSR count). The van der Waals surface area contributed by atoms with E-state index >= 15 is 0 Å². The van der Waals surface area contributed by atoms with Crippen molar-refractivity contribution in [2.45, 2.75) is 66.7 Å². The Morgan fingerprint density at radius 2 is 1.07 bits per heavy atom. The number of ether oxygens (including phenoxy) is 4. The average molecular weight is 402 g/mol. The molecule has 0 aromatic rings. The Morgan fingerprint density at radius 3 is 1.43 bits per heavy atom. The second-order valence-corrected chi connectivity index (χ2v) is 6.12. The van der Waals surface area contributed by atoms with Crippen LogP contribution in [0.2, 0.25) is 0 Å². The zero-order chi connectivity index (χ0) is 21.6. The molecule has 0 aliphatic carbocycles. The molecule has 0 spiro atoms. The zero-order valence-corrected chi connectivity index (χ0v) is 17.7. The van der Waals surface area contributed by atoms with Crippen LogP contribution < -0.4 is 0 Å². The fourth-order valence-electron chi connectivity index (χ4n) is 2.94. The fraction of sp³-hybridized carbons (Fsp3) is 0.800. The Kier molecular flexibility index (Phi) is 12.9. The zero-order valence-electron chi connectivity index (χ0n) is 17.7. The van der Waals surface area contributed by atoms with Gasteiger partial charge in [0.1, 0.15) is 0 Å².